The molecule has 0 radical (unpaired) electrons. The van der Waals surface area contributed by atoms with Gasteiger partial charge in [-0.05, 0) is 28.1 Å². The van der Waals surface area contributed by atoms with Crippen LogP contribution in [0.2, 0.25) is 10.0 Å². The minimum atomic E-state index is 0.370. The second-order valence-electron chi connectivity index (χ2n) is 4.24. The number of hydrogen-bond donors (Lipinski definition) is 1. The van der Waals surface area contributed by atoms with Crippen LogP contribution in [0.1, 0.15) is 0 Å². The molecule has 4 nitrogen and oxygen atoms in total. The van der Waals surface area contributed by atoms with Gasteiger partial charge in [0, 0.05) is 29.0 Å². The molecule has 0 aliphatic heterocycles. The highest BCUT2D eigenvalue weighted by Crippen LogP contribution is 2.36. The van der Waals surface area contributed by atoms with Crippen LogP contribution >= 0.6 is 39.1 Å². The molecule has 2 N–H and O–H groups in total. The fraction of sp³-hybridized carbons (Fsp3) is 0. The molecule has 0 saturated heterocycles. The van der Waals surface area contributed by atoms with E-state index in [1.54, 1.807) is 30.6 Å². The molecule has 21 heavy (non-hydrogen) atoms. The Labute approximate surface area is 139 Å². The average molecular weight is 385 g/mol. The minimum Gasteiger partial charge on any atom is -0.453 e. The molecule has 0 bridgehead atoms. The van der Waals surface area contributed by atoms with E-state index in [2.05, 4.69) is 25.9 Å². The molecule has 1 aromatic carbocycles. The van der Waals surface area contributed by atoms with Crippen LogP contribution in [0.3, 0.4) is 0 Å². The molecule has 7 heteroatoms. The number of ether oxygens (including phenoxy) is 1. The summed E-state index contributed by atoms with van der Waals surface area (Å²) in [7, 11) is 0. The summed E-state index contributed by atoms with van der Waals surface area (Å²) in [5, 5.41) is 0.748. The van der Waals surface area contributed by atoms with Crippen molar-refractivity contribution < 1.29 is 4.74 Å². The SMILES string of the molecule is Nc1cc(Cl)c(Cl)cc1Oc1ccnc2cc(Br)cnc12. The van der Waals surface area contributed by atoms with Gasteiger partial charge >= 0.3 is 0 Å². The fourth-order valence-electron chi connectivity index (χ4n) is 1.81. The van der Waals surface area contributed by atoms with Crippen molar-refractivity contribution in [3.63, 3.8) is 0 Å². The van der Waals surface area contributed by atoms with Crippen LogP contribution in [0.15, 0.2) is 41.1 Å². The standard InChI is InChI=1S/C14H8BrCl2N3O/c15-7-3-11-14(20-6-7)12(1-2-19-11)21-13-5-9(17)8(16)4-10(13)18/h1-6H,18H2. The molecule has 2 aromatic heterocycles. The Bertz CT molecular complexity index is 842. The second kappa shape index (κ2) is 5.67. The number of halogens is 3. The maximum atomic E-state index is 5.99. The van der Waals surface area contributed by atoms with Gasteiger partial charge in [-0.25, -0.2) is 4.98 Å². The van der Waals surface area contributed by atoms with E-state index in [1.807, 2.05) is 6.07 Å². The minimum absolute atomic E-state index is 0.370. The van der Waals surface area contributed by atoms with Crippen LogP contribution in [0.25, 0.3) is 11.0 Å². The van der Waals surface area contributed by atoms with Gasteiger partial charge in [-0.1, -0.05) is 23.2 Å². The highest BCUT2D eigenvalue weighted by atomic mass is 79.9. The molecule has 0 saturated carbocycles. The van der Waals surface area contributed by atoms with Crippen molar-refractivity contribution in [3.05, 3.63) is 51.2 Å². The number of nitrogen functional groups attached to an aromatic ring is 1. The number of aromatic nitrogens is 2. The van der Waals surface area contributed by atoms with E-state index in [4.69, 9.17) is 33.7 Å². The Morgan fingerprint density at radius 2 is 1.81 bits per heavy atom. The topological polar surface area (TPSA) is 61.0 Å². The van der Waals surface area contributed by atoms with Gasteiger partial charge in [0.05, 0.1) is 21.2 Å². The normalized spacial score (nSPS) is 10.8. The van der Waals surface area contributed by atoms with Crippen LogP contribution in [-0.2, 0) is 0 Å². The average Bonchev–Trinajstić information content (AvgIpc) is 2.44. The maximum Gasteiger partial charge on any atom is 0.156 e. The van der Waals surface area contributed by atoms with Crippen LogP contribution in [0.4, 0.5) is 5.69 Å². The third kappa shape index (κ3) is 2.90. The van der Waals surface area contributed by atoms with Crippen molar-refractivity contribution in [2.45, 2.75) is 0 Å². The molecule has 0 fully saturated rings. The molecular formula is C14H8BrCl2N3O. The molecule has 0 amide bonds. The predicted octanol–water partition coefficient (Wildman–Crippen LogP) is 5.07. The lowest BCUT2D eigenvalue weighted by Gasteiger charge is -2.11. The Balaban J connectivity index is 2.08. The van der Waals surface area contributed by atoms with Gasteiger partial charge in [0.2, 0.25) is 0 Å². The third-order valence-corrected chi connectivity index (χ3v) is 3.94. The van der Waals surface area contributed by atoms with Crippen molar-refractivity contribution in [3.8, 4) is 11.5 Å². The smallest absolute Gasteiger partial charge is 0.156 e. The summed E-state index contributed by atoms with van der Waals surface area (Å²) < 4.78 is 6.65. The van der Waals surface area contributed by atoms with Crippen molar-refractivity contribution >= 4 is 55.9 Å². The molecule has 0 unspecified atom stereocenters. The van der Waals surface area contributed by atoms with Gasteiger partial charge in [0.1, 0.15) is 5.52 Å². The predicted molar refractivity (Wildman–Crippen MR) is 88.2 cm³/mol. The molecule has 106 valence electrons. The first-order chi connectivity index (χ1) is 10.0. The Morgan fingerprint density at radius 1 is 1.05 bits per heavy atom. The summed E-state index contributed by atoms with van der Waals surface area (Å²) in [6.45, 7) is 0. The largest absolute Gasteiger partial charge is 0.453 e. The number of pyridine rings is 2. The van der Waals surface area contributed by atoms with E-state index in [1.165, 1.54) is 0 Å². The van der Waals surface area contributed by atoms with Gasteiger partial charge in [-0.3, -0.25) is 4.98 Å². The van der Waals surface area contributed by atoms with E-state index in [0.717, 1.165) is 4.47 Å². The molecule has 0 aliphatic carbocycles. The number of fused-ring (bicyclic) bond motifs is 1. The monoisotopic (exact) mass is 383 g/mol. The van der Waals surface area contributed by atoms with Crippen LogP contribution in [-0.4, -0.2) is 9.97 Å². The maximum absolute atomic E-state index is 5.99. The highest BCUT2D eigenvalue weighted by Gasteiger charge is 2.11. The lowest BCUT2D eigenvalue weighted by molar-refractivity contribution is 0.489. The van der Waals surface area contributed by atoms with Crippen molar-refractivity contribution in [1.29, 1.82) is 0 Å². The Kier molecular flexibility index (Phi) is 3.89. The molecule has 0 spiro atoms. The summed E-state index contributed by atoms with van der Waals surface area (Å²) in [5.74, 6) is 0.958. The molecule has 2 heterocycles. The second-order valence-corrected chi connectivity index (χ2v) is 5.97. The van der Waals surface area contributed by atoms with Crippen LogP contribution in [0.5, 0.6) is 11.5 Å². The molecule has 0 atom stereocenters. The molecular weight excluding hydrogens is 377 g/mol. The summed E-state index contributed by atoms with van der Waals surface area (Å²) >= 11 is 15.3. The summed E-state index contributed by atoms with van der Waals surface area (Å²) in [4.78, 5) is 8.56. The quantitative estimate of drug-likeness (QED) is 0.626. The Morgan fingerprint density at radius 3 is 2.62 bits per heavy atom. The first-order valence-corrected chi connectivity index (χ1v) is 7.42. The first-order valence-electron chi connectivity index (χ1n) is 5.87. The zero-order valence-corrected chi connectivity index (χ0v) is 13.6. The Hall–Kier alpha value is -1.56. The van der Waals surface area contributed by atoms with E-state index in [-0.39, 0.29) is 0 Å². The third-order valence-electron chi connectivity index (χ3n) is 2.78. The number of nitrogens with zero attached hydrogens (tertiary/aromatic N) is 2. The van der Waals surface area contributed by atoms with E-state index >= 15 is 0 Å². The number of benzene rings is 1. The zero-order chi connectivity index (χ0) is 15.0. The van der Waals surface area contributed by atoms with Crippen molar-refractivity contribution in [2.75, 3.05) is 5.73 Å². The molecule has 0 aliphatic rings. The van der Waals surface area contributed by atoms with Gasteiger partial charge in [-0.2, -0.15) is 0 Å². The first kappa shape index (κ1) is 14.4. The number of rotatable bonds is 2. The van der Waals surface area contributed by atoms with Gasteiger partial charge < -0.3 is 10.5 Å². The number of hydrogen-bond acceptors (Lipinski definition) is 4. The molecule has 3 rings (SSSR count). The molecule has 3 aromatic rings. The van der Waals surface area contributed by atoms with Gasteiger partial charge in [-0.15, -0.1) is 0 Å². The lowest BCUT2D eigenvalue weighted by Crippen LogP contribution is -1.94. The van der Waals surface area contributed by atoms with Crippen LogP contribution in [0, 0.1) is 0 Å². The fourth-order valence-corrected chi connectivity index (χ4v) is 2.46. The lowest BCUT2D eigenvalue weighted by atomic mass is 10.3. The van der Waals surface area contributed by atoms with E-state index in [9.17, 15) is 0 Å². The number of anilines is 1. The van der Waals surface area contributed by atoms with Gasteiger partial charge in [0.15, 0.2) is 11.5 Å². The van der Waals surface area contributed by atoms with E-state index in [0.29, 0.717) is 38.3 Å². The van der Waals surface area contributed by atoms with Gasteiger partial charge in [0.25, 0.3) is 0 Å². The summed E-state index contributed by atoms with van der Waals surface area (Å²) in [6.07, 6.45) is 3.31. The summed E-state index contributed by atoms with van der Waals surface area (Å²) in [6, 6.07) is 6.69. The van der Waals surface area contributed by atoms with E-state index < -0.39 is 0 Å². The highest BCUT2D eigenvalue weighted by molar-refractivity contribution is 9.10. The summed E-state index contributed by atoms with van der Waals surface area (Å²) in [5.41, 5.74) is 7.63. The number of nitrogens with two attached hydrogens (primary N) is 1. The van der Waals surface area contributed by atoms with Crippen molar-refractivity contribution in [1.82, 2.24) is 9.97 Å². The zero-order valence-electron chi connectivity index (χ0n) is 10.5. The van der Waals surface area contributed by atoms with Crippen molar-refractivity contribution in [2.24, 2.45) is 0 Å². The van der Waals surface area contributed by atoms with Crippen LogP contribution < -0.4 is 10.5 Å².